The first-order valence-electron chi connectivity index (χ1n) is 7.76. The summed E-state index contributed by atoms with van der Waals surface area (Å²) in [5, 5.41) is 9.29. The predicted octanol–water partition coefficient (Wildman–Crippen LogP) is 3.72. The van der Waals surface area contributed by atoms with Crippen LogP contribution in [-0.4, -0.2) is 22.6 Å². The van der Waals surface area contributed by atoms with E-state index in [9.17, 15) is 5.26 Å². The minimum absolute atomic E-state index is 0.728. The second kappa shape index (κ2) is 6.60. The zero-order valence-corrected chi connectivity index (χ0v) is 12.3. The van der Waals surface area contributed by atoms with Crippen LogP contribution in [0.1, 0.15) is 36.9 Å². The Kier molecular flexibility index (Phi) is 4.37. The Morgan fingerprint density at radius 2 is 1.71 bits per heavy atom. The topological polar surface area (TPSA) is 32.0 Å². The van der Waals surface area contributed by atoms with Crippen molar-refractivity contribution < 1.29 is 0 Å². The Morgan fingerprint density at radius 1 is 0.952 bits per heavy atom. The van der Waals surface area contributed by atoms with Crippen LogP contribution < -0.4 is 0 Å². The summed E-state index contributed by atoms with van der Waals surface area (Å²) in [6.07, 6.45) is 7.37. The molecule has 21 heavy (non-hydrogen) atoms. The van der Waals surface area contributed by atoms with Gasteiger partial charge in [0, 0.05) is 18.4 Å². The number of hydrogen-bond acceptors (Lipinski definition) is 2. The lowest BCUT2D eigenvalue weighted by Crippen LogP contribution is -2.25. The molecule has 0 atom stereocenters. The van der Waals surface area contributed by atoms with E-state index in [2.05, 4.69) is 33.9 Å². The Hall–Kier alpha value is -2.05. The van der Waals surface area contributed by atoms with Crippen molar-refractivity contribution in [2.45, 2.75) is 32.2 Å². The van der Waals surface area contributed by atoms with Gasteiger partial charge in [0.15, 0.2) is 0 Å². The summed E-state index contributed by atoms with van der Waals surface area (Å²) in [5.74, 6) is 0. The zero-order chi connectivity index (χ0) is 14.5. The third-order valence-electron chi connectivity index (χ3n) is 4.20. The quantitative estimate of drug-likeness (QED) is 0.857. The van der Waals surface area contributed by atoms with E-state index in [1.165, 1.54) is 44.5 Å². The third-order valence-corrected chi connectivity index (χ3v) is 4.20. The maximum absolute atomic E-state index is 9.29. The fraction of sp³-hybridized carbons (Fsp3) is 0.389. The van der Waals surface area contributed by atoms with Crippen molar-refractivity contribution in [2.24, 2.45) is 0 Å². The highest BCUT2D eigenvalue weighted by molar-refractivity contribution is 5.49. The Labute approximate surface area is 126 Å². The highest BCUT2D eigenvalue weighted by atomic mass is 15.1. The van der Waals surface area contributed by atoms with Crippen LogP contribution in [0.3, 0.4) is 0 Å². The molecule has 2 heterocycles. The van der Waals surface area contributed by atoms with Crippen LogP contribution in [0.25, 0.3) is 5.69 Å². The molecule has 1 aromatic heterocycles. The molecule has 0 aliphatic carbocycles. The largest absolute Gasteiger partial charge is 0.318 e. The number of hydrogen-bond donors (Lipinski definition) is 0. The molecule has 0 N–H and O–H groups in total. The van der Waals surface area contributed by atoms with E-state index in [0.29, 0.717) is 0 Å². The van der Waals surface area contributed by atoms with Crippen molar-refractivity contribution in [3.8, 4) is 11.8 Å². The Morgan fingerprint density at radius 3 is 2.48 bits per heavy atom. The normalized spacial score (nSPS) is 16.3. The summed E-state index contributed by atoms with van der Waals surface area (Å²) in [7, 11) is 0. The van der Waals surface area contributed by atoms with Crippen LogP contribution in [0.2, 0.25) is 0 Å². The van der Waals surface area contributed by atoms with Crippen LogP contribution in [0.15, 0.2) is 42.6 Å². The summed E-state index contributed by atoms with van der Waals surface area (Å²) < 4.78 is 2.16. The fourth-order valence-electron chi connectivity index (χ4n) is 3.08. The van der Waals surface area contributed by atoms with Gasteiger partial charge in [0.1, 0.15) is 6.07 Å². The summed E-state index contributed by atoms with van der Waals surface area (Å²) in [5.41, 5.74) is 2.97. The fourth-order valence-corrected chi connectivity index (χ4v) is 3.08. The van der Waals surface area contributed by atoms with Crippen molar-refractivity contribution in [1.29, 1.82) is 5.26 Å². The van der Waals surface area contributed by atoms with Gasteiger partial charge in [-0.25, -0.2) is 0 Å². The van der Waals surface area contributed by atoms with Gasteiger partial charge in [-0.05, 0) is 50.2 Å². The number of aromatic nitrogens is 1. The van der Waals surface area contributed by atoms with E-state index >= 15 is 0 Å². The maximum Gasteiger partial charge on any atom is 0.101 e. The minimum Gasteiger partial charge on any atom is -0.318 e. The number of rotatable bonds is 3. The first kappa shape index (κ1) is 13.9. The minimum atomic E-state index is 0.728. The second-order valence-corrected chi connectivity index (χ2v) is 5.69. The number of likely N-dealkylation sites (tertiary alicyclic amines) is 1. The molecule has 3 nitrogen and oxygen atoms in total. The van der Waals surface area contributed by atoms with E-state index in [0.717, 1.165) is 17.8 Å². The van der Waals surface area contributed by atoms with Gasteiger partial charge in [-0.2, -0.15) is 5.26 Å². The molecular weight excluding hydrogens is 258 g/mol. The molecule has 0 bridgehead atoms. The second-order valence-electron chi connectivity index (χ2n) is 5.69. The average molecular weight is 279 g/mol. The summed E-state index contributed by atoms with van der Waals surface area (Å²) in [4.78, 5) is 2.54. The molecule has 3 rings (SSSR count). The molecule has 108 valence electrons. The monoisotopic (exact) mass is 279 g/mol. The van der Waals surface area contributed by atoms with Gasteiger partial charge >= 0.3 is 0 Å². The van der Waals surface area contributed by atoms with Gasteiger partial charge < -0.3 is 4.57 Å². The first-order chi connectivity index (χ1) is 10.4. The molecular formula is C18H21N3. The zero-order valence-electron chi connectivity index (χ0n) is 12.3. The van der Waals surface area contributed by atoms with Crippen LogP contribution in [-0.2, 0) is 6.54 Å². The van der Waals surface area contributed by atoms with Gasteiger partial charge in [0.25, 0.3) is 0 Å². The molecule has 0 unspecified atom stereocenters. The van der Waals surface area contributed by atoms with Gasteiger partial charge in [-0.3, -0.25) is 4.90 Å². The molecule has 0 radical (unpaired) electrons. The highest BCUT2D eigenvalue weighted by Gasteiger charge is 2.13. The third kappa shape index (κ3) is 3.17. The van der Waals surface area contributed by atoms with E-state index in [1.807, 2.05) is 24.3 Å². The summed E-state index contributed by atoms with van der Waals surface area (Å²) in [6.45, 7) is 3.34. The molecule has 1 fully saturated rings. The average Bonchev–Trinajstić information content (AvgIpc) is 2.82. The SMILES string of the molecule is N#Cc1ccccc1-n1cccc1CN1CCCCCC1. The molecule has 1 aliphatic rings. The molecule has 1 saturated heterocycles. The molecule has 0 spiro atoms. The lowest BCUT2D eigenvalue weighted by atomic mass is 10.2. The lowest BCUT2D eigenvalue weighted by Gasteiger charge is -2.21. The van der Waals surface area contributed by atoms with Crippen LogP contribution in [0, 0.1) is 11.3 Å². The highest BCUT2D eigenvalue weighted by Crippen LogP contribution is 2.19. The van der Waals surface area contributed by atoms with E-state index in [4.69, 9.17) is 0 Å². The van der Waals surface area contributed by atoms with Gasteiger partial charge in [-0.1, -0.05) is 25.0 Å². The van der Waals surface area contributed by atoms with E-state index < -0.39 is 0 Å². The Balaban J connectivity index is 1.85. The van der Waals surface area contributed by atoms with Crippen LogP contribution in [0.4, 0.5) is 0 Å². The smallest absolute Gasteiger partial charge is 0.101 e. The van der Waals surface area contributed by atoms with Crippen LogP contribution >= 0.6 is 0 Å². The van der Waals surface area contributed by atoms with Crippen molar-refractivity contribution in [3.63, 3.8) is 0 Å². The van der Waals surface area contributed by atoms with E-state index in [-0.39, 0.29) is 0 Å². The first-order valence-corrected chi connectivity index (χ1v) is 7.76. The molecule has 2 aromatic rings. The Bertz CT molecular complexity index is 628. The molecule has 0 saturated carbocycles. The van der Waals surface area contributed by atoms with Crippen LogP contribution in [0.5, 0.6) is 0 Å². The molecule has 1 aromatic carbocycles. The lowest BCUT2D eigenvalue weighted by molar-refractivity contribution is 0.272. The maximum atomic E-state index is 9.29. The van der Waals surface area contributed by atoms with Gasteiger partial charge in [0.05, 0.1) is 11.3 Å². The predicted molar refractivity (Wildman–Crippen MR) is 84.2 cm³/mol. The van der Waals surface area contributed by atoms with Crippen molar-refractivity contribution >= 4 is 0 Å². The molecule has 0 amide bonds. The number of nitrogens with zero attached hydrogens (tertiary/aromatic N) is 3. The van der Waals surface area contributed by atoms with Gasteiger partial charge in [0.2, 0.25) is 0 Å². The standard InChI is InChI=1S/C18H21N3/c19-14-16-8-3-4-10-18(16)21-13-7-9-17(21)15-20-11-5-1-2-6-12-20/h3-4,7-10,13H,1-2,5-6,11-12,15H2. The molecule has 1 aliphatic heterocycles. The van der Waals surface area contributed by atoms with Crippen molar-refractivity contribution in [2.75, 3.05) is 13.1 Å². The van der Waals surface area contributed by atoms with E-state index in [1.54, 1.807) is 0 Å². The number of para-hydroxylation sites is 1. The van der Waals surface area contributed by atoms with Crippen molar-refractivity contribution in [1.82, 2.24) is 9.47 Å². The summed E-state index contributed by atoms with van der Waals surface area (Å²) in [6, 6.07) is 14.3. The van der Waals surface area contributed by atoms with Crippen molar-refractivity contribution in [3.05, 3.63) is 53.9 Å². The summed E-state index contributed by atoms with van der Waals surface area (Å²) >= 11 is 0. The molecule has 3 heteroatoms. The number of benzene rings is 1. The van der Waals surface area contributed by atoms with Gasteiger partial charge in [-0.15, -0.1) is 0 Å². The number of nitriles is 1.